The van der Waals surface area contributed by atoms with Crippen molar-refractivity contribution < 1.29 is 14.3 Å². The maximum absolute atomic E-state index is 12.8. The van der Waals surface area contributed by atoms with E-state index in [4.69, 9.17) is 4.74 Å². The lowest BCUT2D eigenvalue weighted by Gasteiger charge is -2.25. The number of nitrogens with zero attached hydrogens (tertiary/aromatic N) is 2. The lowest BCUT2D eigenvalue weighted by Crippen LogP contribution is -2.37. The number of hydrogen-bond acceptors (Lipinski definition) is 4. The van der Waals surface area contributed by atoms with Crippen LogP contribution in [0.2, 0.25) is 0 Å². The van der Waals surface area contributed by atoms with Crippen molar-refractivity contribution in [3.05, 3.63) is 35.4 Å². The maximum Gasteiger partial charge on any atom is 0.225 e. The van der Waals surface area contributed by atoms with Crippen LogP contribution >= 0.6 is 0 Å². The molecule has 1 N–H and O–H groups in total. The summed E-state index contributed by atoms with van der Waals surface area (Å²) in [5, 5.41) is 3.05. The SMILES string of the molecule is Cc1ccccc1CN1C[C@@H](CC(=O)NC(C)C)[C@H]2[C@H](CC(=O)N3CCCC3)OC[C@H]21. The molecule has 4 atom stereocenters. The van der Waals surface area contributed by atoms with Crippen molar-refractivity contribution in [2.24, 2.45) is 11.8 Å². The average Bonchev–Trinajstić information content (AvgIpc) is 3.43. The van der Waals surface area contributed by atoms with E-state index in [1.165, 1.54) is 11.1 Å². The molecule has 4 rings (SSSR count). The number of nitrogens with one attached hydrogen (secondary N) is 1. The summed E-state index contributed by atoms with van der Waals surface area (Å²) in [5.41, 5.74) is 2.62. The van der Waals surface area contributed by atoms with E-state index in [1.807, 2.05) is 18.7 Å². The van der Waals surface area contributed by atoms with Crippen LogP contribution in [0.1, 0.15) is 50.7 Å². The number of likely N-dealkylation sites (tertiary alicyclic amines) is 2. The lowest BCUT2D eigenvalue weighted by atomic mass is 9.84. The molecule has 170 valence electrons. The molecule has 0 aromatic heterocycles. The monoisotopic (exact) mass is 427 g/mol. The van der Waals surface area contributed by atoms with Gasteiger partial charge in [0.05, 0.1) is 19.1 Å². The second-order valence-corrected chi connectivity index (χ2v) is 9.85. The number of rotatable bonds is 7. The van der Waals surface area contributed by atoms with E-state index >= 15 is 0 Å². The third-order valence-electron chi connectivity index (χ3n) is 7.20. The van der Waals surface area contributed by atoms with Crippen LogP contribution in [0.15, 0.2) is 24.3 Å². The molecular weight excluding hydrogens is 390 g/mol. The molecule has 31 heavy (non-hydrogen) atoms. The summed E-state index contributed by atoms with van der Waals surface area (Å²) in [7, 11) is 0. The van der Waals surface area contributed by atoms with Crippen molar-refractivity contribution in [3.8, 4) is 0 Å². The Balaban J connectivity index is 1.49. The molecule has 0 radical (unpaired) electrons. The van der Waals surface area contributed by atoms with Crippen LogP contribution in [0.4, 0.5) is 0 Å². The molecule has 3 heterocycles. The molecule has 2 amide bonds. The number of fused-ring (bicyclic) bond motifs is 1. The van der Waals surface area contributed by atoms with Crippen molar-refractivity contribution in [2.75, 3.05) is 26.2 Å². The predicted octanol–water partition coefficient (Wildman–Crippen LogP) is 2.74. The Morgan fingerprint density at radius 3 is 2.61 bits per heavy atom. The number of benzene rings is 1. The Bertz CT molecular complexity index is 790. The highest BCUT2D eigenvalue weighted by molar-refractivity contribution is 5.77. The molecule has 1 aromatic carbocycles. The first-order chi connectivity index (χ1) is 14.9. The highest BCUT2D eigenvalue weighted by Gasteiger charge is 2.51. The predicted molar refractivity (Wildman–Crippen MR) is 120 cm³/mol. The Labute approximate surface area is 186 Å². The zero-order valence-electron chi connectivity index (χ0n) is 19.2. The smallest absolute Gasteiger partial charge is 0.225 e. The second-order valence-electron chi connectivity index (χ2n) is 9.85. The Hall–Kier alpha value is -1.92. The van der Waals surface area contributed by atoms with E-state index in [2.05, 4.69) is 41.4 Å². The summed E-state index contributed by atoms with van der Waals surface area (Å²) >= 11 is 0. The summed E-state index contributed by atoms with van der Waals surface area (Å²) in [6.07, 6.45) is 3.07. The van der Waals surface area contributed by atoms with E-state index in [-0.39, 0.29) is 41.8 Å². The number of aryl methyl sites for hydroxylation is 1. The molecule has 0 saturated carbocycles. The Morgan fingerprint density at radius 1 is 1.16 bits per heavy atom. The Morgan fingerprint density at radius 2 is 1.90 bits per heavy atom. The molecule has 0 unspecified atom stereocenters. The lowest BCUT2D eigenvalue weighted by molar-refractivity contribution is -0.133. The molecule has 6 heteroatoms. The van der Waals surface area contributed by atoms with E-state index in [0.29, 0.717) is 19.4 Å². The van der Waals surface area contributed by atoms with Crippen molar-refractivity contribution in [1.82, 2.24) is 15.1 Å². The second kappa shape index (κ2) is 9.70. The summed E-state index contributed by atoms with van der Waals surface area (Å²) < 4.78 is 6.22. The molecule has 3 aliphatic rings. The highest BCUT2D eigenvalue weighted by Crippen LogP contribution is 2.42. The van der Waals surface area contributed by atoms with Crippen LogP contribution in [0.3, 0.4) is 0 Å². The van der Waals surface area contributed by atoms with Crippen LogP contribution in [0, 0.1) is 18.8 Å². The number of amides is 2. The van der Waals surface area contributed by atoms with Gasteiger partial charge in [0.15, 0.2) is 0 Å². The van der Waals surface area contributed by atoms with Gasteiger partial charge in [-0.1, -0.05) is 24.3 Å². The minimum atomic E-state index is -0.0863. The third kappa shape index (κ3) is 5.12. The van der Waals surface area contributed by atoms with Gasteiger partial charge in [0.25, 0.3) is 0 Å². The fourth-order valence-corrected chi connectivity index (χ4v) is 5.69. The fraction of sp³-hybridized carbons (Fsp3) is 0.680. The van der Waals surface area contributed by atoms with E-state index in [9.17, 15) is 9.59 Å². The van der Waals surface area contributed by atoms with Gasteiger partial charge in [-0.05, 0) is 50.7 Å². The number of carbonyl (C=O) groups excluding carboxylic acids is 2. The van der Waals surface area contributed by atoms with Gasteiger partial charge >= 0.3 is 0 Å². The van der Waals surface area contributed by atoms with Gasteiger partial charge in [-0.3, -0.25) is 14.5 Å². The molecule has 6 nitrogen and oxygen atoms in total. The van der Waals surface area contributed by atoms with Crippen molar-refractivity contribution in [3.63, 3.8) is 0 Å². The van der Waals surface area contributed by atoms with Crippen LogP contribution in [-0.2, 0) is 20.9 Å². The molecule has 0 aliphatic carbocycles. The average molecular weight is 428 g/mol. The van der Waals surface area contributed by atoms with Crippen molar-refractivity contribution in [1.29, 1.82) is 0 Å². The number of carbonyl (C=O) groups is 2. The Kier molecular flexibility index (Phi) is 6.97. The van der Waals surface area contributed by atoms with Crippen LogP contribution in [0.5, 0.6) is 0 Å². The molecule has 0 bridgehead atoms. The van der Waals surface area contributed by atoms with Crippen molar-refractivity contribution in [2.45, 2.75) is 71.2 Å². The first kappa shape index (κ1) is 22.3. The number of ether oxygens (including phenoxy) is 1. The van der Waals surface area contributed by atoms with Gasteiger partial charge in [0.1, 0.15) is 0 Å². The quantitative estimate of drug-likeness (QED) is 0.727. The van der Waals surface area contributed by atoms with Gasteiger partial charge < -0.3 is 15.0 Å². The van der Waals surface area contributed by atoms with Crippen LogP contribution in [-0.4, -0.2) is 66.0 Å². The molecule has 3 fully saturated rings. The third-order valence-corrected chi connectivity index (χ3v) is 7.20. The topological polar surface area (TPSA) is 61.9 Å². The first-order valence-electron chi connectivity index (χ1n) is 11.9. The molecule has 3 aliphatic heterocycles. The normalized spacial score (nSPS) is 28.3. The van der Waals surface area contributed by atoms with Gasteiger partial charge in [0, 0.05) is 50.6 Å². The fourth-order valence-electron chi connectivity index (χ4n) is 5.69. The van der Waals surface area contributed by atoms with Crippen molar-refractivity contribution >= 4 is 11.8 Å². The number of hydrogen-bond donors (Lipinski definition) is 1. The summed E-state index contributed by atoms with van der Waals surface area (Å²) in [5.74, 6) is 0.763. The van der Waals surface area contributed by atoms with Crippen LogP contribution in [0.25, 0.3) is 0 Å². The van der Waals surface area contributed by atoms with E-state index in [1.54, 1.807) is 0 Å². The van der Waals surface area contributed by atoms with Gasteiger partial charge in [-0.25, -0.2) is 0 Å². The summed E-state index contributed by atoms with van der Waals surface area (Å²) in [6.45, 7) is 10.3. The summed E-state index contributed by atoms with van der Waals surface area (Å²) in [6, 6.07) is 8.91. The van der Waals surface area contributed by atoms with Crippen LogP contribution < -0.4 is 5.32 Å². The molecule has 1 aromatic rings. The minimum Gasteiger partial charge on any atom is -0.376 e. The van der Waals surface area contributed by atoms with Gasteiger partial charge in [0.2, 0.25) is 11.8 Å². The zero-order valence-corrected chi connectivity index (χ0v) is 19.2. The largest absolute Gasteiger partial charge is 0.376 e. The summed E-state index contributed by atoms with van der Waals surface area (Å²) in [4.78, 5) is 29.9. The molecule has 0 spiro atoms. The first-order valence-corrected chi connectivity index (χ1v) is 11.9. The van der Waals surface area contributed by atoms with E-state index < -0.39 is 0 Å². The minimum absolute atomic E-state index is 0.0863. The maximum atomic E-state index is 12.8. The molecular formula is C25H37N3O3. The van der Waals surface area contributed by atoms with Gasteiger partial charge in [-0.15, -0.1) is 0 Å². The van der Waals surface area contributed by atoms with E-state index in [0.717, 1.165) is 39.0 Å². The highest BCUT2D eigenvalue weighted by atomic mass is 16.5. The van der Waals surface area contributed by atoms with Gasteiger partial charge in [-0.2, -0.15) is 0 Å². The standard InChI is InChI=1S/C25H37N3O3/c1-17(2)26-23(29)12-20-15-28(14-19-9-5-4-8-18(19)3)21-16-31-22(25(20)21)13-24(30)27-10-6-7-11-27/h4-5,8-9,17,20-22,25H,6-7,10-16H2,1-3H3,(H,26,29)/t20-,21-,22+,25-/m1/s1. The zero-order chi connectivity index (χ0) is 22.0. The molecule has 3 saturated heterocycles.